The summed E-state index contributed by atoms with van der Waals surface area (Å²) < 4.78 is 0. The van der Waals surface area contributed by atoms with E-state index < -0.39 is 0 Å². The first-order chi connectivity index (χ1) is 3.93. The largest absolute Gasteiger partial charge is 0.316 e. The SMILES string of the molecule is CS[C@H]1CCCNC1. The molecule has 1 aliphatic rings. The zero-order valence-electron chi connectivity index (χ0n) is 5.31. The van der Waals surface area contributed by atoms with Crippen molar-refractivity contribution < 1.29 is 0 Å². The maximum atomic E-state index is 3.36. The molecule has 1 nitrogen and oxygen atoms in total. The maximum absolute atomic E-state index is 3.36. The molecule has 0 aromatic rings. The Labute approximate surface area is 55.2 Å². The van der Waals surface area contributed by atoms with E-state index in [1.165, 1.54) is 25.9 Å². The molecular weight excluding hydrogens is 118 g/mol. The van der Waals surface area contributed by atoms with Crippen LogP contribution in [0.1, 0.15) is 12.8 Å². The Morgan fingerprint density at radius 3 is 2.88 bits per heavy atom. The molecule has 1 atom stereocenters. The molecule has 0 aromatic carbocycles. The van der Waals surface area contributed by atoms with E-state index in [0.29, 0.717) is 0 Å². The molecule has 1 rings (SSSR count). The van der Waals surface area contributed by atoms with Crippen LogP contribution >= 0.6 is 11.8 Å². The first-order valence-corrected chi connectivity index (χ1v) is 4.46. The van der Waals surface area contributed by atoms with Crippen molar-refractivity contribution in [2.45, 2.75) is 18.1 Å². The van der Waals surface area contributed by atoms with Crippen LogP contribution in [-0.2, 0) is 0 Å². The minimum atomic E-state index is 0.892. The van der Waals surface area contributed by atoms with Gasteiger partial charge in [0.05, 0.1) is 0 Å². The fourth-order valence-corrected chi connectivity index (χ4v) is 1.71. The molecule has 0 bridgehead atoms. The third-order valence-electron chi connectivity index (χ3n) is 1.58. The van der Waals surface area contributed by atoms with Crippen LogP contribution < -0.4 is 5.32 Å². The van der Waals surface area contributed by atoms with Crippen molar-refractivity contribution in [3.63, 3.8) is 0 Å². The second kappa shape index (κ2) is 3.36. The standard InChI is InChI=1S/C6H13NS/c1-8-6-3-2-4-7-5-6/h6-7H,2-5H2,1H3/t6-/m0/s1. The molecule has 0 radical (unpaired) electrons. The topological polar surface area (TPSA) is 12.0 Å². The summed E-state index contributed by atoms with van der Waals surface area (Å²) in [5.74, 6) is 0. The van der Waals surface area contributed by atoms with Crippen LogP contribution in [0.3, 0.4) is 0 Å². The lowest BCUT2D eigenvalue weighted by Crippen LogP contribution is -2.31. The molecule has 0 amide bonds. The van der Waals surface area contributed by atoms with Gasteiger partial charge in [-0.25, -0.2) is 0 Å². The van der Waals surface area contributed by atoms with Crippen molar-refractivity contribution in [3.8, 4) is 0 Å². The fourth-order valence-electron chi connectivity index (χ4n) is 1.02. The summed E-state index contributed by atoms with van der Waals surface area (Å²) >= 11 is 1.98. The summed E-state index contributed by atoms with van der Waals surface area (Å²) in [6.45, 7) is 2.46. The van der Waals surface area contributed by atoms with E-state index in [4.69, 9.17) is 0 Å². The first-order valence-electron chi connectivity index (χ1n) is 3.17. The summed E-state index contributed by atoms with van der Waals surface area (Å²) in [6, 6.07) is 0. The van der Waals surface area contributed by atoms with E-state index in [-0.39, 0.29) is 0 Å². The third kappa shape index (κ3) is 1.67. The van der Waals surface area contributed by atoms with Gasteiger partial charge in [0, 0.05) is 11.8 Å². The zero-order valence-corrected chi connectivity index (χ0v) is 6.13. The van der Waals surface area contributed by atoms with Crippen LogP contribution in [0.4, 0.5) is 0 Å². The smallest absolute Gasteiger partial charge is 0.0170 e. The van der Waals surface area contributed by atoms with E-state index in [1.54, 1.807) is 0 Å². The fraction of sp³-hybridized carbons (Fsp3) is 1.00. The molecule has 1 N–H and O–H groups in total. The highest BCUT2D eigenvalue weighted by atomic mass is 32.2. The molecule has 0 unspecified atom stereocenters. The first kappa shape index (κ1) is 6.43. The zero-order chi connectivity index (χ0) is 5.82. The molecule has 0 saturated carbocycles. The van der Waals surface area contributed by atoms with Crippen molar-refractivity contribution >= 4 is 11.8 Å². The van der Waals surface area contributed by atoms with Gasteiger partial charge in [-0.1, -0.05) is 0 Å². The normalized spacial score (nSPS) is 30.4. The summed E-state index contributed by atoms with van der Waals surface area (Å²) in [4.78, 5) is 0. The predicted octanol–water partition coefficient (Wildman–Crippen LogP) is 1.10. The second-order valence-electron chi connectivity index (χ2n) is 2.20. The van der Waals surface area contributed by atoms with Gasteiger partial charge in [-0.2, -0.15) is 11.8 Å². The van der Waals surface area contributed by atoms with Gasteiger partial charge >= 0.3 is 0 Å². The third-order valence-corrected chi connectivity index (χ3v) is 2.65. The second-order valence-corrected chi connectivity index (χ2v) is 3.34. The number of piperidine rings is 1. The van der Waals surface area contributed by atoms with Crippen LogP contribution in [0.5, 0.6) is 0 Å². The maximum Gasteiger partial charge on any atom is 0.0170 e. The van der Waals surface area contributed by atoms with Gasteiger partial charge in [-0.15, -0.1) is 0 Å². The molecule has 0 aliphatic carbocycles. The van der Waals surface area contributed by atoms with Gasteiger partial charge in [0.25, 0.3) is 0 Å². The average molecular weight is 131 g/mol. The summed E-state index contributed by atoms with van der Waals surface area (Å²) in [5, 5.41) is 4.26. The Kier molecular flexibility index (Phi) is 2.70. The lowest BCUT2D eigenvalue weighted by Gasteiger charge is -2.19. The van der Waals surface area contributed by atoms with Crippen molar-refractivity contribution in [3.05, 3.63) is 0 Å². The summed E-state index contributed by atoms with van der Waals surface area (Å²) in [7, 11) is 0. The lowest BCUT2D eigenvalue weighted by molar-refractivity contribution is 0.532. The van der Waals surface area contributed by atoms with Gasteiger partial charge in [-0.3, -0.25) is 0 Å². The van der Waals surface area contributed by atoms with Crippen molar-refractivity contribution in [2.75, 3.05) is 19.3 Å². The van der Waals surface area contributed by atoms with E-state index in [2.05, 4.69) is 11.6 Å². The van der Waals surface area contributed by atoms with Crippen molar-refractivity contribution in [2.24, 2.45) is 0 Å². The Hall–Kier alpha value is 0.310. The van der Waals surface area contributed by atoms with Crippen LogP contribution in [0, 0.1) is 0 Å². The Morgan fingerprint density at radius 2 is 2.50 bits per heavy atom. The lowest BCUT2D eigenvalue weighted by atomic mass is 10.2. The highest BCUT2D eigenvalue weighted by Gasteiger charge is 2.09. The molecule has 1 fully saturated rings. The molecule has 2 heteroatoms. The monoisotopic (exact) mass is 131 g/mol. The van der Waals surface area contributed by atoms with E-state index >= 15 is 0 Å². The number of rotatable bonds is 1. The summed E-state index contributed by atoms with van der Waals surface area (Å²) in [6.07, 6.45) is 4.97. The molecule has 0 aromatic heterocycles. The molecule has 8 heavy (non-hydrogen) atoms. The number of hydrogen-bond donors (Lipinski definition) is 1. The Bertz CT molecular complexity index is 59.5. The van der Waals surface area contributed by atoms with E-state index in [0.717, 1.165) is 5.25 Å². The molecule has 48 valence electrons. The van der Waals surface area contributed by atoms with Crippen molar-refractivity contribution in [1.29, 1.82) is 0 Å². The number of nitrogens with one attached hydrogen (secondary N) is 1. The van der Waals surface area contributed by atoms with Gasteiger partial charge in [0.15, 0.2) is 0 Å². The van der Waals surface area contributed by atoms with Crippen LogP contribution in [-0.4, -0.2) is 24.6 Å². The van der Waals surface area contributed by atoms with E-state index in [9.17, 15) is 0 Å². The molecular formula is C6H13NS. The van der Waals surface area contributed by atoms with Gasteiger partial charge in [0.1, 0.15) is 0 Å². The predicted molar refractivity (Wildman–Crippen MR) is 39.4 cm³/mol. The molecule has 1 aliphatic heterocycles. The minimum absolute atomic E-state index is 0.892. The molecule has 1 heterocycles. The van der Waals surface area contributed by atoms with Crippen molar-refractivity contribution in [1.82, 2.24) is 5.32 Å². The highest BCUT2D eigenvalue weighted by Crippen LogP contribution is 2.14. The number of hydrogen-bond acceptors (Lipinski definition) is 2. The van der Waals surface area contributed by atoms with Gasteiger partial charge in [0.2, 0.25) is 0 Å². The minimum Gasteiger partial charge on any atom is -0.316 e. The molecule has 0 spiro atoms. The Balaban J connectivity index is 2.13. The van der Waals surface area contributed by atoms with E-state index in [1.807, 2.05) is 11.8 Å². The van der Waals surface area contributed by atoms with Crippen LogP contribution in [0.2, 0.25) is 0 Å². The van der Waals surface area contributed by atoms with Gasteiger partial charge < -0.3 is 5.32 Å². The highest BCUT2D eigenvalue weighted by molar-refractivity contribution is 7.99. The molecule has 1 saturated heterocycles. The number of thioether (sulfide) groups is 1. The summed E-state index contributed by atoms with van der Waals surface area (Å²) in [5.41, 5.74) is 0. The quantitative estimate of drug-likeness (QED) is 0.572. The van der Waals surface area contributed by atoms with Crippen LogP contribution in [0.15, 0.2) is 0 Å². The van der Waals surface area contributed by atoms with Crippen LogP contribution in [0.25, 0.3) is 0 Å². The Morgan fingerprint density at radius 1 is 1.62 bits per heavy atom. The van der Waals surface area contributed by atoms with Gasteiger partial charge in [-0.05, 0) is 25.6 Å². The average Bonchev–Trinajstić information content (AvgIpc) is 1.90.